The number of hydrogen-bond acceptors (Lipinski definition) is 3. The maximum atomic E-state index is 12.0. The van der Waals surface area contributed by atoms with Gasteiger partial charge in [0.25, 0.3) is 0 Å². The van der Waals surface area contributed by atoms with Crippen LogP contribution in [-0.4, -0.2) is 23.9 Å². The smallest absolute Gasteiger partial charge is 0.244 e. The Balaban J connectivity index is 1.70. The molecule has 1 fully saturated rings. The Morgan fingerprint density at radius 3 is 1.50 bits per heavy atom. The second-order valence-electron chi connectivity index (χ2n) is 5.50. The van der Waals surface area contributed by atoms with Crippen molar-refractivity contribution in [3.8, 4) is 0 Å². The normalized spacial score (nSPS) is 21.5. The highest BCUT2D eigenvalue weighted by molar-refractivity contribution is 6.02. The fourth-order valence-corrected chi connectivity index (χ4v) is 2.69. The topological polar surface area (TPSA) is 58.2 Å². The molecule has 0 spiro atoms. The largest absolute Gasteiger partial charge is 0.294 e. The highest BCUT2D eigenvalue weighted by atomic mass is 16.2. The van der Waals surface area contributed by atoms with E-state index in [2.05, 4.69) is 10.6 Å². The van der Waals surface area contributed by atoms with E-state index in [0.717, 1.165) is 11.1 Å². The van der Waals surface area contributed by atoms with Crippen molar-refractivity contribution in [1.82, 2.24) is 10.6 Å². The van der Waals surface area contributed by atoms with Crippen molar-refractivity contribution in [3.63, 3.8) is 0 Å². The van der Waals surface area contributed by atoms with Gasteiger partial charge in [-0.1, -0.05) is 60.7 Å². The first kappa shape index (κ1) is 14.5. The van der Waals surface area contributed by atoms with Crippen LogP contribution >= 0.6 is 0 Å². The predicted octanol–water partition coefficient (Wildman–Crippen LogP) is 1.45. The summed E-state index contributed by atoms with van der Waals surface area (Å²) in [7, 11) is 0. The van der Waals surface area contributed by atoms with Gasteiger partial charge in [-0.05, 0) is 24.0 Å². The number of piperazine rings is 1. The quantitative estimate of drug-likeness (QED) is 0.839. The Bertz CT molecular complexity index is 598. The molecule has 112 valence electrons. The molecule has 1 saturated heterocycles. The van der Waals surface area contributed by atoms with Gasteiger partial charge in [0.1, 0.15) is 0 Å². The summed E-state index contributed by atoms with van der Waals surface area (Å²) in [6.45, 7) is 0. The monoisotopic (exact) mass is 294 g/mol. The standard InChI is InChI=1S/C18H18N2O2/c21-17-15(11-13-7-3-1-4-8-13)19-16(18(22)20-17)12-14-9-5-2-6-10-14/h1-10,15-16,19H,11-12H2,(H,20,21,22). The van der Waals surface area contributed by atoms with E-state index >= 15 is 0 Å². The van der Waals surface area contributed by atoms with Gasteiger partial charge in [-0.25, -0.2) is 0 Å². The van der Waals surface area contributed by atoms with Gasteiger partial charge in [-0.3, -0.25) is 20.2 Å². The molecule has 1 aliphatic rings. The molecule has 0 aromatic heterocycles. The van der Waals surface area contributed by atoms with Crippen LogP contribution in [-0.2, 0) is 22.4 Å². The molecule has 0 radical (unpaired) electrons. The fourth-order valence-electron chi connectivity index (χ4n) is 2.69. The van der Waals surface area contributed by atoms with E-state index < -0.39 is 0 Å². The number of rotatable bonds is 4. The Morgan fingerprint density at radius 1 is 0.682 bits per heavy atom. The van der Waals surface area contributed by atoms with Crippen LogP contribution in [0.15, 0.2) is 60.7 Å². The first-order chi connectivity index (χ1) is 10.7. The van der Waals surface area contributed by atoms with Crippen LogP contribution in [0.2, 0.25) is 0 Å². The summed E-state index contributed by atoms with van der Waals surface area (Å²) in [4.78, 5) is 24.0. The number of carbonyl (C=O) groups is 2. The van der Waals surface area contributed by atoms with Gasteiger partial charge >= 0.3 is 0 Å². The zero-order valence-corrected chi connectivity index (χ0v) is 12.2. The third-order valence-corrected chi connectivity index (χ3v) is 3.85. The highest BCUT2D eigenvalue weighted by Crippen LogP contribution is 2.10. The van der Waals surface area contributed by atoms with Crippen LogP contribution in [0.4, 0.5) is 0 Å². The molecule has 4 nitrogen and oxygen atoms in total. The maximum Gasteiger partial charge on any atom is 0.244 e. The molecule has 2 aromatic carbocycles. The van der Waals surface area contributed by atoms with Crippen LogP contribution in [0.25, 0.3) is 0 Å². The molecule has 3 rings (SSSR count). The van der Waals surface area contributed by atoms with Crippen molar-refractivity contribution in [2.24, 2.45) is 0 Å². The molecular weight excluding hydrogens is 276 g/mol. The zero-order chi connectivity index (χ0) is 15.4. The molecule has 4 heteroatoms. The molecule has 2 atom stereocenters. The third-order valence-electron chi connectivity index (χ3n) is 3.85. The van der Waals surface area contributed by atoms with Gasteiger partial charge in [0.15, 0.2) is 0 Å². The number of nitrogens with one attached hydrogen (secondary N) is 2. The van der Waals surface area contributed by atoms with E-state index in [1.54, 1.807) is 0 Å². The van der Waals surface area contributed by atoms with Crippen molar-refractivity contribution >= 4 is 11.8 Å². The summed E-state index contributed by atoms with van der Waals surface area (Å²) in [6, 6.07) is 18.8. The Morgan fingerprint density at radius 2 is 1.09 bits per heavy atom. The van der Waals surface area contributed by atoms with E-state index in [1.165, 1.54) is 0 Å². The Kier molecular flexibility index (Phi) is 4.30. The summed E-state index contributed by atoms with van der Waals surface area (Å²) < 4.78 is 0. The van der Waals surface area contributed by atoms with Crippen LogP contribution in [0, 0.1) is 0 Å². The average Bonchev–Trinajstić information content (AvgIpc) is 2.54. The number of hydrogen-bond donors (Lipinski definition) is 2. The molecule has 2 unspecified atom stereocenters. The van der Waals surface area contributed by atoms with Crippen molar-refractivity contribution in [2.75, 3.05) is 0 Å². The first-order valence-electron chi connectivity index (χ1n) is 7.41. The van der Waals surface area contributed by atoms with Gasteiger partial charge in [-0.15, -0.1) is 0 Å². The molecular formula is C18H18N2O2. The second-order valence-corrected chi connectivity index (χ2v) is 5.50. The minimum atomic E-state index is -0.381. The molecule has 0 bridgehead atoms. The van der Waals surface area contributed by atoms with E-state index in [-0.39, 0.29) is 23.9 Å². The second kappa shape index (κ2) is 6.54. The van der Waals surface area contributed by atoms with Gasteiger partial charge in [-0.2, -0.15) is 0 Å². The molecule has 0 saturated carbocycles. The van der Waals surface area contributed by atoms with Crippen LogP contribution in [0.5, 0.6) is 0 Å². The molecule has 2 N–H and O–H groups in total. The summed E-state index contributed by atoms with van der Waals surface area (Å²) in [6.07, 6.45) is 1.15. The number of amides is 2. The number of benzene rings is 2. The van der Waals surface area contributed by atoms with Crippen molar-refractivity contribution in [3.05, 3.63) is 71.8 Å². The summed E-state index contributed by atoms with van der Waals surface area (Å²) in [5, 5.41) is 5.67. The molecule has 2 aromatic rings. The van der Waals surface area contributed by atoms with Crippen molar-refractivity contribution in [2.45, 2.75) is 24.9 Å². The zero-order valence-electron chi connectivity index (χ0n) is 12.2. The minimum Gasteiger partial charge on any atom is -0.294 e. The maximum absolute atomic E-state index is 12.0. The predicted molar refractivity (Wildman–Crippen MR) is 84.2 cm³/mol. The highest BCUT2D eigenvalue weighted by Gasteiger charge is 2.33. The van der Waals surface area contributed by atoms with E-state index in [1.807, 2.05) is 60.7 Å². The van der Waals surface area contributed by atoms with Gasteiger partial charge in [0.2, 0.25) is 11.8 Å². The number of carbonyl (C=O) groups excluding carboxylic acids is 2. The van der Waals surface area contributed by atoms with Crippen molar-refractivity contribution in [1.29, 1.82) is 0 Å². The van der Waals surface area contributed by atoms with Gasteiger partial charge < -0.3 is 0 Å². The van der Waals surface area contributed by atoms with Crippen LogP contribution < -0.4 is 10.6 Å². The van der Waals surface area contributed by atoms with Crippen molar-refractivity contribution < 1.29 is 9.59 Å². The van der Waals surface area contributed by atoms with E-state index in [0.29, 0.717) is 12.8 Å². The average molecular weight is 294 g/mol. The number of imide groups is 1. The SMILES string of the molecule is O=C1NC(=O)C(Cc2ccccc2)NC1Cc1ccccc1. The van der Waals surface area contributed by atoms with E-state index in [4.69, 9.17) is 0 Å². The fraction of sp³-hybridized carbons (Fsp3) is 0.222. The lowest BCUT2D eigenvalue weighted by molar-refractivity contribution is -0.136. The molecule has 0 aliphatic carbocycles. The lowest BCUT2D eigenvalue weighted by Crippen LogP contribution is -2.62. The molecule has 1 heterocycles. The lowest BCUT2D eigenvalue weighted by atomic mass is 9.98. The lowest BCUT2D eigenvalue weighted by Gasteiger charge is -2.29. The molecule has 22 heavy (non-hydrogen) atoms. The summed E-state index contributed by atoms with van der Waals surface area (Å²) >= 11 is 0. The third kappa shape index (κ3) is 3.40. The summed E-state index contributed by atoms with van der Waals surface area (Å²) in [5.74, 6) is -0.503. The van der Waals surface area contributed by atoms with Gasteiger partial charge in [0, 0.05) is 0 Å². The van der Waals surface area contributed by atoms with Gasteiger partial charge in [0.05, 0.1) is 12.1 Å². The minimum absolute atomic E-state index is 0.252. The van der Waals surface area contributed by atoms with Crippen LogP contribution in [0.1, 0.15) is 11.1 Å². The Labute approximate surface area is 129 Å². The molecule has 1 aliphatic heterocycles. The molecule has 2 amide bonds. The Hall–Kier alpha value is -2.46. The van der Waals surface area contributed by atoms with E-state index in [9.17, 15) is 9.59 Å². The summed E-state index contributed by atoms with van der Waals surface area (Å²) in [5.41, 5.74) is 2.14. The first-order valence-corrected chi connectivity index (χ1v) is 7.41. The van der Waals surface area contributed by atoms with Crippen LogP contribution in [0.3, 0.4) is 0 Å².